The van der Waals surface area contributed by atoms with Gasteiger partial charge in [0.1, 0.15) is 17.4 Å². The lowest BCUT2D eigenvalue weighted by Crippen LogP contribution is -2.55. The minimum absolute atomic E-state index is 0.154. The molecule has 1 aromatic carbocycles. The minimum Gasteiger partial charge on any atom is -0.497 e. The second-order valence-electron chi connectivity index (χ2n) is 7.52. The van der Waals surface area contributed by atoms with E-state index in [9.17, 15) is 0 Å². The topological polar surface area (TPSA) is 46.4 Å². The number of likely N-dealkylation sites (N-methyl/N-ethyl adjacent to an activating group) is 1. The summed E-state index contributed by atoms with van der Waals surface area (Å²) in [7, 11) is 3.92. The van der Waals surface area contributed by atoms with Gasteiger partial charge in [-0.1, -0.05) is 12.1 Å². The molecule has 2 aliphatic heterocycles. The van der Waals surface area contributed by atoms with Gasteiger partial charge in [-0.2, -0.15) is 0 Å². The van der Waals surface area contributed by atoms with Crippen LogP contribution < -0.4 is 4.74 Å². The lowest BCUT2D eigenvalue weighted by atomic mass is 9.84. The molecule has 0 saturated carbocycles. The average Bonchev–Trinajstić information content (AvgIpc) is 2.99. The van der Waals surface area contributed by atoms with E-state index in [1.165, 1.54) is 5.56 Å². The van der Waals surface area contributed by atoms with E-state index >= 15 is 0 Å². The van der Waals surface area contributed by atoms with E-state index in [0.717, 1.165) is 63.0 Å². The van der Waals surface area contributed by atoms with Crippen LogP contribution in [0.5, 0.6) is 5.75 Å². The van der Waals surface area contributed by atoms with E-state index in [1.807, 2.05) is 6.07 Å². The highest BCUT2D eigenvalue weighted by atomic mass is 16.5. The fourth-order valence-electron chi connectivity index (χ4n) is 4.53. The number of methoxy groups -OCH3 is 1. The molecule has 1 spiro atoms. The number of aryl methyl sites for hydroxylation is 1. The van der Waals surface area contributed by atoms with Crippen LogP contribution in [0.1, 0.15) is 30.1 Å². The molecule has 134 valence electrons. The summed E-state index contributed by atoms with van der Waals surface area (Å²) in [5.41, 5.74) is 1.47. The van der Waals surface area contributed by atoms with E-state index in [4.69, 9.17) is 4.74 Å². The van der Waals surface area contributed by atoms with Gasteiger partial charge in [-0.3, -0.25) is 9.80 Å². The molecule has 0 N–H and O–H groups in total. The number of aromatic nitrogens is 3. The maximum atomic E-state index is 5.35. The predicted octanol–water partition coefficient (Wildman–Crippen LogP) is 2.03. The summed E-state index contributed by atoms with van der Waals surface area (Å²) in [4.78, 5) is 4.94. The average molecular weight is 341 g/mol. The van der Waals surface area contributed by atoms with Crippen molar-refractivity contribution in [1.82, 2.24) is 24.6 Å². The summed E-state index contributed by atoms with van der Waals surface area (Å²) < 4.78 is 7.77. The Kier molecular flexibility index (Phi) is 4.25. The van der Waals surface area contributed by atoms with Gasteiger partial charge in [-0.05, 0) is 44.5 Å². The van der Waals surface area contributed by atoms with E-state index in [1.54, 1.807) is 7.11 Å². The van der Waals surface area contributed by atoms with Crippen LogP contribution in [0.25, 0.3) is 0 Å². The second-order valence-corrected chi connectivity index (χ2v) is 7.52. The molecule has 2 aliphatic rings. The predicted molar refractivity (Wildman–Crippen MR) is 96.6 cm³/mol. The van der Waals surface area contributed by atoms with Crippen molar-refractivity contribution in [2.75, 3.05) is 33.8 Å². The normalized spacial score (nSPS) is 20.6. The van der Waals surface area contributed by atoms with Crippen LogP contribution in [0.3, 0.4) is 0 Å². The molecule has 2 aromatic rings. The van der Waals surface area contributed by atoms with Crippen molar-refractivity contribution in [2.24, 2.45) is 0 Å². The Morgan fingerprint density at radius 2 is 2.00 bits per heavy atom. The molecule has 3 heterocycles. The highest BCUT2D eigenvalue weighted by molar-refractivity contribution is 5.28. The van der Waals surface area contributed by atoms with Gasteiger partial charge in [-0.15, -0.1) is 10.2 Å². The van der Waals surface area contributed by atoms with Crippen molar-refractivity contribution < 1.29 is 4.74 Å². The van der Waals surface area contributed by atoms with Gasteiger partial charge >= 0.3 is 0 Å². The highest BCUT2D eigenvalue weighted by Gasteiger charge is 2.42. The summed E-state index contributed by atoms with van der Waals surface area (Å²) in [6.45, 7) is 7.26. The fourth-order valence-corrected chi connectivity index (χ4v) is 4.53. The number of hydrogen-bond acceptors (Lipinski definition) is 5. The smallest absolute Gasteiger partial charge is 0.147 e. The fraction of sp³-hybridized carbons (Fsp3) is 0.579. The first-order valence-corrected chi connectivity index (χ1v) is 9.05. The van der Waals surface area contributed by atoms with Crippen molar-refractivity contribution in [3.05, 3.63) is 41.5 Å². The maximum absolute atomic E-state index is 5.35. The Bertz CT molecular complexity index is 748. The van der Waals surface area contributed by atoms with Crippen LogP contribution in [0.2, 0.25) is 0 Å². The molecular formula is C19H27N5O. The van der Waals surface area contributed by atoms with Crippen LogP contribution in [-0.4, -0.2) is 58.4 Å². The number of ether oxygens (including phenoxy) is 1. The Morgan fingerprint density at radius 1 is 1.20 bits per heavy atom. The summed E-state index contributed by atoms with van der Waals surface area (Å²) in [6, 6.07) is 8.40. The third-order valence-corrected chi connectivity index (χ3v) is 5.67. The van der Waals surface area contributed by atoms with Crippen LogP contribution in [0.15, 0.2) is 24.3 Å². The van der Waals surface area contributed by atoms with Gasteiger partial charge in [0, 0.05) is 26.2 Å². The zero-order chi connectivity index (χ0) is 17.4. The first kappa shape index (κ1) is 16.5. The molecule has 0 radical (unpaired) electrons. The first-order chi connectivity index (χ1) is 12.1. The monoisotopic (exact) mass is 341 g/mol. The number of piperidine rings is 1. The number of fused-ring (bicyclic) bond motifs is 2. The van der Waals surface area contributed by atoms with Crippen molar-refractivity contribution in [3.8, 4) is 5.75 Å². The maximum Gasteiger partial charge on any atom is 0.147 e. The number of rotatable bonds is 3. The molecule has 6 nitrogen and oxygen atoms in total. The van der Waals surface area contributed by atoms with Gasteiger partial charge in [0.25, 0.3) is 0 Å². The molecule has 0 atom stereocenters. The van der Waals surface area contributed by atoms with Crippen LogP contribution in [0, 0.1) is 6.92 Å². The summed E-state index contributed by atoms with van der Waals surface area (Å²) >= 11 is 0. The van der Waals surface area contributed by atoms with Crippen molar-refractivity contribution in [2.45, 2.75) is 38.4 Å². The molecule has 0 aliphatic carbocycles. The van der Waals surface area contributed by atoms with Gasteiger partial charge in [0.15, 0.2) is 0 Å². The summed E-state index contributed by atoms with van der Waals surface area (Å²) in [6.07, 6.45) is 2.29. The summed E-state index contributed by atoms with van der Waals surface area (Å²) in [5, 5.41) is 8.75. The van der Waals surface area contributed by atoms with E-state index < -0.39 is 0 Å². The molecule has 0 bridgehead atoms. The van der Waals surface area contributed by atoms with Gasteiger partial charge in [-0.25, -0.2) is 0 Å². The molecule has 1 aromatic heterocycles. The zero-order valence-corrected chi connectivity index (χ0v) is 15.4. The largest absolute Gasteiger partial charge is 0.497 e. The summed E-state index contributed by atoms with van der Waals surface area (Å²) in [5.74, 6) is 3.11. The van der Waals surface area contributed by atoms with Crippen LogP contribution >= 0.6 is 0 Å². The van der Waals surface area contributed by atoms with Gasteiger partial charge in [0.2, 0.25) is 0 Å². The van der Waals surface area contributed by atoms with Crippen molar-refractivity contribution in [1.29, 1.82) is 0 Å². The van der Waals surface area contributed by atoms with Gasteiger partial charge in [0.05, 0.1) is 19.2 Å². The lowest BCUT2D eigenvalue weighted by Gasteiger charge is -2.48. The Labute approximate surface area is 149 Å². The lowest BCUT2D eigenvalue weighted by molar-refractivity contribution is 0.0462. The molecular weight excluding hydrogens is 314 g/mol. The van der Waals surface area contributed by atoms with Crippen molar-refractivity contribution in [3.63, 3.8) is 0 Å². The van der Waals surface area contributed by atoms with E-state index in [2.05, 4.69) is 56.7 Å². The van der Waals surface area contributed by atoms with Gasteiger partial charge < -0.3 is 9.30 Å². The van der Waals surface area contributed by atoms with Crippen molar-refractivity contribution >= 4 is 0 Å². The molecule has 6 heteroatoms. The van der Waals surface area contributed by atoms with E-state index in [-0.39, 0.29) is 5.54 Å². The number of likely N-dealkylation sites (tertiary alicyclic amines) is 1. The quantitative estimate of drug-likeness (QED) is 0.855. The Morgan fingerprint density at radius 3 is 2.76 bits per heavy atom. The Hall–Kier alpha value is -1.92. The standard InChI is InChI=1S/C19H27N5O/c1-15-20-21-18-13-22(2)14-19(24(15)18)7-9-23(10-8-19)12-16-5-4-6-17(11-16)25-3/h4-6,11H,7-10,12-14H2,1-3H3. The molecule has 1 saturated heterocycles. The minimum atomic E-state index is 0.154. The SMILES string of the molecule is COc1cccc(CN2CCC3(CC2)CN(C)Cc2nnc(C)n23)c1. The van der Waals surface area contributed by atoms with Crippen LogP contribution in [0.4, 0.5) is 0 Å². The third kappa shape index (κ3) is 3.04. The molecule has 0 unspecified atom stereocenters. The third-order valence-electron chi connectivity index (χ3n) is 5.67. The highest BCUT2D eigenvalue weighted by Crippen LogP contribution is 2.36. The number of nitrogens with zero attached hydrogens (tertiary/aromatic N) is 5. The molecule has 1 fully saturated rings. The zero-order valence-electron chi connectivity index (χ0n) is 15.4. The first-order valence-electron chi connectivity index (χ1n) is 9.05. The Balaban J connectivity index is 1.49. The second kappa shape index (κ2) is 6.42. The number of hydrogen-bond donors (Lipinski definition) is 0. The molecule has 4 rings (SSSR count). The number of benzene rings is 1. The molecule has 0 amide bonds. The van der Waals surface area contributed by atoms with Crippen LogP contribution in [-0.2, 0) is 18.6 Å². The molecule has 25 heavy (non-hydrogen) atoms. The van der Waals surface area contributed by atoms with E-state index in [0.29, 0.717) is 0 Å².